The smallest absolute Gasteiger partial charge is 0.228 e. The molecule has 1 saturated heterocycles. The van der Waals surface area contributed by atoms with Gasteiger partial charge in [0.2, 0.25) is 5.91 Å². The second-order valence-corrected chi connectivity index (χ2v) is 8.60. The first-order chi connectivity index (χ1) is 9.77. The van der Waals surface area contributed by atoms with Crippen molar-refractivity contribution in [1.82, 2.24) is 10.2 Å². The van der Waals surface area contributed by atoms with Gasteiger partial charge in [-0.3, -0.25) is 4.79 Å². The molecule has 0 aromatic heterocycles. The van der Waals surface area contributed by atoms with Crippen LogP contribution in [0.5, 0.6) is 0 Å². The van der Waals surface area contributed by atoms with Crippen molar-refractivity contribution in [3.05, 3.63) is 0 Å². The summed E-state index contributed by atoms with van der Waals surface area (Å²) in [6.45, 7) is 13.7. The lowest BCUT2D eigenvalue weighted by molar-refractivity contribution is -0.142. The number of carbonyl (C=O) groups excluding carboxylic acids is 1. The van der Waals surface area contributed by atoms with E-state index in [2.05, 4.69) is 24.1 Å². The molecule has 21 heavy (non-hydrogen) atoms. The Bertz CT molecular complexity index is 355. The van der Waals surface area contributed by atoms with Crippen LogP contribution in [0, 0.1) is 23.2 Å². The van der Waals surface area contributed by atoms with Crippen LogP contribution in [0.2, 0.25) is 0 Å². The Morgan fingerprint density at radius 2 is 1.90 bits per heavy atom. The minimum Gasteiger partial charge on any atom is -0.340 e. The van der Waals surface area contributed by atoms with Gasteiger partial charge in [0.05, 0.1) is 0 Å². The largest absolute Gasteiger partial charge is 0.340 e. The Morgan fingerprint density at radius 1 is 1.24 bits per heavy atom. The molecule has 2 atom stereocenters. The van der Waals surface area contributed by atoms with Crippen LogP contribution in [0.1, 0.15) is 60.3 Å². The van der Waals surface area contributed by atoms with Crippen LogP contribution in [-0.2, 0) is 4.79 Å². The molecule has 1 amide bonds. The van der Waals surface area contributed by atoms with Gasteiger partial charge in [-0.1, -0.05) is 41.0 Å². The standard InChI is InChI=1S/C18H34N2O/c1-13(2)15-9-16(19-10-14-7-6-8-14)12-20(11-15)17(21)18(3,4)5/h13-16,19H,6-12H2,1-5H3. The van der Waals surface area contributed by atoms with Gasteiger partial charge in [0.1, 0.15) is 0 Å². The van der Waals surface area contributed by atoms with Gasteiger partial charge in [0.25, 0.3) is 0 Å². The highest BCUT2D eigenvalue weighted by atomic mass is 16.2. The van der Waals surface area contributed by atoms with Crippen molar-refractivity contribution in [3.8, 4) is 0 Å². The molecule has 1 saturated carbocycles. The maximum Gasteiger partial charge on any atom is 0.228 e. The molecule has 2 unspecified atom stereocenters. The highest BCUT2D eigenvalue weighted by Gasteiger charge is 2.35. The van der Waals surface area contributed by atoms with Gasteiger partial charge in [-0.05, 0) is 43.6 Å². The van der Waals surface area contributed by atoms with E-state index in [0.29, 0.717) is 23.8 Å². The van der Waals surface area contributed by atoms with Crippen molar-refractivity contribution in [1.29, 1.82) is 0 Å². The molecule has 1 heterocycles. The fourth-order valence-corrected chi connectivity index (χ4v) is 3.44. The number of nitrogens with zero attached hydrogens (tertiary/aromatic N) is 1. The lowest BCUT2D eigenvalue weighted by atomic mass is 9.82. The molecule has 1 aliphatic carbocycles. The highest BCUT2D eigenvalue weighted by Crippen LogP contribution is 2.29. The molecule has 2 fully saturated rings. The van der Waals surface area contributed by atoms with E-state index < -0.39 is 0 Å². The van der Waals surface area contributed by atoms with E-state index in [1.165, 1.54) is 25.7 Å². The fourth-order valence-electron chi connectivity index (χ4n) is 3.44. The summed E-state index contributed by atoms with van der Waals surface area (Å²) in [5.74, 6) is 2.47. The number of amides is 1. The Labute approximate surface area is 130 Å². The van der Waals surface area contributed by atoms with Gasteiger partial charge in [-0.15, -0.1) is 0 Å². The summed E-state index contributed by atoms with van der Waals surface area (Å²) in [4.78, 5) is 14.8. The van der Waals surface area contributed by atoms with Crippen LogP contribution >= 0.6 is 0 Å². The Kier molecular flexibility index (Phi) is 5.34. The third-order valence-corrected chi connectivity index (χ3v) is 5.27. The summed E-state index contributed by atoms with van der Waals surface area (Å²) < 4.78 is 0. The van der Waals surface area contributed by atoms with E-state index in [4.69, 9.17) is 0 Å². The minimum atomic E-state index is -0.266. The van der Waals surface area contributed by atoms with E-state index in [9.17, 15) is 4.79 Å². The van der Waals surface area contributed by atoms with Crippen LogP contribution in [0.25, 0.3) is 0 Å². The first-order valence-corrected chi connectivity index (χ1v) is 8.80. The van der Waals surface area contributed by atoms with Crippen molar-refractivity contribution in [2.75, 3.05) is 19.6 Å². The van der Waals surface area contributed by atoms with Crippen molar-refractivity contribution < 1.29 is 4.79 Å². The summed E-state index contributed by atoms with van der Waals surface area (Å²) in [7, 11) is 0. The number of piperidine rings is 1. The SMILES string of the molecule is CC(C)C1CC(NCC2CCC2)CN(C(=O)C(C)(C)C)C1. The van der Waals surface area contributed by atoms with E-state index in [0.717, 1.165) is 25.6 Å². The molecule has 3 nitrogen and oxygen atoms in total. The molecule has 1 aliphatic heterocycles. The van der Waals surface area contributed by atoms with Crippen molar-refractivity contribution in [3.63, 3.8) is 0 Å². The second kappa shape index (κ2) is 6.68. The predicted octanol–water partition coefficient (Wildman–Crippen LogP) is 3.30. The van der Waals surface area contributed by atoms with Crippen LogP contribution in [-0.4, -0.2) is 36.5 Å². The maximum absolute atomic E-state index is 12.6. The monoisotopic (exact) mass is 294 g/mol. The predicted molar refractivity (Wildman–Crippen MR) is 88.1 cm³/mol. The minimum absolute atomic E-state index is 0.266. The van der Waals surface area contributed by atoms with Crippen LogP contribution in [0.15, 0.2) is 0 Å². The lowest BCUT2D eigenvalue weighted by Gasteiger charge is -2.42. The Balaban J connectivity index is 1.95. The first kappa shape index (κ1) is 16.8. The highest BCUT2D eigenvalue weighted by molar-refractivity contribution is 5.81. The summed E-state index contributed by atoms with van der Waals surface area (Å²) >= 11 is 0. The average Bonchev–Trinajstić information content (AvgIpc) is 2.34. The van der Waals surface area contributed by atoms with E-state index in [-0.39, 0.29) is 5.41 Å². The molecule has 3 heteroatoms. The van der Waals surface area contributed by atoms with Crippen molar-refractivity contribution in [2.24, 2.45) is 23.2 Å². The zero-order valence-corrected chi connectivity index (χ0v) is 14.6. The molecule has 122 valence electrons. The average molecular weight is 294 g/mol. The van der Waals surface area contributed by atoms with Crippen LogP contribution in [0.3, 0.4) is 0 Å². The zero-order valence-electron chi connectivity index (χ0n) is 14.6. The molecule has 2 aliphatic rings. The van der Waals surface area contributed by atoms with Crippen LogP contribution in [0.4, 0.5) is 0 Å². The van der Waals surface area contributed by atoms with Crippen molar-refractivity contribution in [2.45, 2.75) is 66.3 Å². The van der Waals surface area contributed by atoms with Gasteiger partial charge in [0, 0.05) is 24.5 Å². The lowest BCUT2D eigenvalue weighted by Crippen LogP contribution is -2.55. The molecule has 2 rings (SSSR count). The van der Waals surface area contributed by atoms with Gasteiger partial charge >= 0.3 is 0 Å². The van der Waals surface area contributed by atoms with Crippen molar-refractivity contribution >= 4 is 5.91 Å². The van der Waals surface area contributed by atoms with Crippen LogP contribution < -0.4 is 5.32 Å². The molecule has 0 aromatic carbocycles. The zero-order chi connectivity index (χ0) is 15.6. The number of hydrogen-bond donors (Lipinski definition) is 1. The van der Waals surface area contributed by atoms with Gasteiger partial charge < -0.3 is 10.2 Å². The molecule has 0 spiro atoms. The number of likely N-dealkylation sites (tertiary alicyclic amines) is 1. The molecular weight excluding hydrogens is 260 g/mol. The third kappa shape index (κ3) is 4.45. The van der Waals surface area contributed by atoms with Gasteiger partial charge in [-0.25, -0.2) is 0 Å². The maximum atomic E-state index is 12.6. The van der Waals surface area contributed by atoms with Gasteiger partial charge in [-0.2, -0.15) is 0 Å². The molecular formula is C18H34N2O. The van der Waals surface area contributed by atoms with E-state index in [1.807, 2.05) is 20.8 Å². The fraction of sp³-hybridized carbons (Fsp3) is 0.944. The molecule has 0 bridgehead atoms. The number of hydrogen-bond acceptors (Lipinski definition) is 2. The summed E-state index contributed by atoms with van der Waals surface area (Å²) in [5, 5.41) is 3.75. The summed E-state index contributed by atoms with van der Waals surface area (Å²) in [6, 6.07) is 0.484. The van der Waals surface area contributed by atoms with Gasteiger partial charge in [0.15, 0.2) is 0 Å². The second-order valence-electron chi connectivity index (χ2n) is 8.60. The molecule has 0 radical (unpaired) electrons. The summed E-state index contributed by atoms with van der Waals surface area (Å²) in [6.07, 6.45) is 5.40. The normalized spacial score (nSPS) is 27.8. The first-order valence-electron chi connectivity index (χ1n) is 8.80. The van der Waals surface area contributed by atoms with E-state index in [1.54, 1.807) is 0 Å². The number of carbonyl (C=O) groups is 1. The molecule has 1 N–H and O–H groups in total. The topological polar surface area (TPSA) is 32.3 Å². The summed E-state index contributed by atoms with van der Waals surface area (Å²) in [5.41, 5.74) is -0.266. The van der Waals surface area contributed by atoms with E-state index >= 15 is 0 Å². The Morgan fingerprint density at radius 3 is 2.38 bits per heavy atom. The number of nitrogens with one attached hydrogen (secondary N) is 1. The number of rotatable bonds is 4. The molecule has 0 aromatic rings. The Hall–Kier alpha value is -0.570. The third-order valence-electron chi connectivity index (χ3n) is 5.27. The quantitative estimate of drug-likeness (QED) is 0.863.